The third-order valence-corrected chi connectivity index (χ3v) is 9.18. The lowest BCUT2D eigenvalue weighted by molar-refractivity contribution is 0.340. The molecule has 2 bridgehead atoms. The molecule has 0 aliphatic heterocycles. The average molecular weight is 280 g/mol. The average Bonchev–Trinajstić information content (AvgIpc) is 2.71. The summed E-state index contributed by atoms with van der Waals surface area (Å²) >= 11 is 18.4. The molecule has 2 aliphatic rings. The predicted molar refractivity (Wildman–Crippen MR) is 61.6 cm³/mol. The van der Waals surface area contributed by atoms with E-state index in [-0.39, 0.29) is 17.8 Å². The summed E-state index contributed by atoms with van der Waals surface area (Å²) in [6.07, 6.45) is 2.49. The smallest absolute Gasteiger partial charge is 0.198 e. The number of nitriles is 2. The second kappa shape index (κ2) is 3.53. The summed E-state index contributed by atoms with van der Waals surface area (Å²) in [5.41, 5.74) is 0. The standard InChI is InChI=1S/C9H9Cl3N2Si/c10-15(11,12)9-2-1-6(3-9)7(4-13)8(9)5-14/h6-8H,1-3H2. The van der Waals surface area contributed by atoms with E-state index in [1.807, 2.05) is 0 Å². The molecule has 2 rings (SSSR count). The van der Waals surface area contributed by atoms with E-state index < -0.39 is 11.0 Å². The second-order valence-corrected chi connectivity index (χ2v) is 13.3. The van der Waals surface area contributed by atoms with E-state index in [2.05, 4.69) is 12.1 Å². The maximum Gasteiger partial charge on any atom is 0.348 e. The van der Waals surface area contributed by atoms with Gasteiger partial charge in [0, 0.05) is 5.04 Å². The summed E-state index contributed by atoms with van der Waals surface area (Å²) in [4.78, 5) is 0. The fourth-order valence-corrected chi connectivity index (χ4v) is 7.26. The zero-order valence-corrected chi connectivity index (χ0v) is 11.1. The van der Waals surface area contributed by atoms with Gasteiger partial charge in [0.2, 0.25) is 0 Å². The first-order valence-electron chi connectivity index (χ1n) is 4.82. The Morgan fingerprint density at radius 2 is 1.87 bits per heavy atom. The highest BCUT2D eigenvalue weighted by Gasteiger charge is 2.67. The first-order chi connectivity index (χ1) is 6.96. The third kappa shape index (κ3) is 1.41. The largest absolute Gasteiger partial charge is 0.348 e. The molecule has 4 atom stereocenters. The molecule has 2 nitrogen and oxygen atoms in total. The molecule has 80 valence electrons. The Morgan fingerprint density at radius 3 is 2.33 bits per heavy atom. The van der Waals surface area contributed by atoms with Gasteiger partial charge < -0.3 is 0 Å². The van der Waals surface area contributed by atoms with Gasteiger partial charge in [-0.25, -0.2) is 0 Å². The van der Waals surface area contributed by atoms with Crippen molar-refractivity contribution in [1.82, 2.24) is 0 Å². The Labute approximate surface area is 104 Å². The molecule has 0 aromatic rings. The molecular weight excluding hydrogens is 271 g/mol. The molecule has 15 heavy (non-hydrogen) atoms. The second-order valence-electron chi connectivity index (χ2n) is 4.42. The van der Waals surface area contributed by atoms with Crippen LogP contribution < -0.4 is 0 Å². The fraction of sp³-hybridized carbons (Fsp3) is 0.778. The van der Waals surface area contributed by atoms with E-state index in [4.69, 9.17) is 43.8 Å². The molecule has 0 radical (unpaired) electrons. The Kier molecular flexibility index (Phi) is 2.72. The minimum Gasteiger partial charge on any atom is -0.198 e. The highest BCUT2D eigenvalue weighted by atomic mass is 35.8. The van der Waals surface area contributed by atoms with Crippen LogP contribution in [0.1, 0.15) is 19.3 Å². The van der Waals surface area contributed by atoms with E-state index in [1.165, 1.54) is 0 Å². The van der Waals surface area contributed by atoms with Crippen LogP contribution in [0.4, 0.5) is 0 Å². The monoisotopic (exact) mass is 278 g/mol. The molecule has 2 aliphatic carbocycles. The Hall–Kier alpha value is 0.0669. The molecule has 4 unspecified atom stereocenters. The molecule has 0 aromatic carbocycles. The molecule has 0 heterocycles. The molecular formula is C9H9Cl3N2Si. The summed E-state index contributed by atoms with van der Waals surface area (Å²) in [7, 11) is 0. The van der Waals surface area contributed by atoms with Crippen LogP contribution in [-0.4, -0.2) is 6.00 Å². The van der Waals surface area contributed by atoms with E-state index in [0.29, 0.717) is 0 Å². The SMILES string of the molecule is N#CC1C2CCC([Si](Cl)(Cl)Cl)(C2)C1C#N. The Morgan fingerprint density at radius 1 is 1.20 bits per heavy atom. The Balaban J connectivity index is 2.44. The van der Waals surface area contributed by atoms with Crippen LogP contribution in [0.3, 0.4) is 0 Å². The third-order valence-electron chi connectivity index (χ3n) is 3.90. The molecule has 2 saturated carbocycles. The summed E-state index contributed by atoms with van der Waals surface area (Å²) in [5.74, 6) is -0.338. The first kappa shape index (κ1) is 11.5. The van der Waals surface area contributed by atoms with Gasteiger partial charge in [0.1, 0.15) is 0 Å². The molecule has 6 heteroatoms. The summed E-state index contributed by atoms with van der Waals surface area (Å²) < 4.78 is 0. The number of hydrogen-bond acceptors (Lipinski definition) is 2. The van der Waals surface area contributed by atoms with Gasteiger partial charge in [-0.2, -0.15) is 10.5 Å². The summed E-state index contributed by atoms with van der Waals surface area (Å²) in [5, 5.41) is 17.8. The van der Waals surface area contributed by atoms with Crippen molar-refractivity contribution in [3.63, 3.8) is 0 Å². The topological polar surface area (TPSA) is 47.6 Å². The van der Waals surface area contributed by atoms with Gasteiger partial charge >= 0.3 is 6.00 Å². The van der Waals surface area contributed by atoms with Gasteiger partial charge in [-0.1, -0.05) is 0 Å². The van der Waals surface area contributed by atoms with Crippen molar-refractivity contribution in [2.45, 2.75) is 24.3 Å². The number of halogens is 3. The van der Waals surface area contributed by atoms with Crippen LogP contribution in [0, 0.1) is 40.4 Å². The fourth-order valence-electron chi connectivity index (χ4n) is 3.14. The lowest BCUT2D eigenvalue weighted by atomic mass is 9.80. The van der Waals surface area contributed by atoms with Crippen molar-refractivity contribution >= 4 is 39.2 Å². The van der Waals surface area contributed by atoms with Crippen molar-refractivity contribution in [1.29, 1.82) is 10.5 Å². The maximum atomic E-state index is 9.16. The van der Waals surface area contributed by atoms with Crippen molar-refractivity contribution in [2.75, 3.05) is 0 Å². The van der Waals surface area contributed by atoms with Crippen LogP contribution in [0.2, 0.25) is 5.04 Å². The molecule has 0 spiro atoms. The van der Waals surface area contributed by atoms with Crippen LogP contribution >= 0.6 is 33.2 Å². The van der Waals surface area contributed by atoms with Crippen LogP contribution in [-0.2, 0) is 0 Å². The predicted octanol–water partition coefficient (Wildman–Crippen LogP) is 3.48. The van der Waals surface area contributed by atoms with Gasteiger partial charge in [-0.3, -0.25) is 0 Å². The summed E-state index contributed by atoms with van der Waals surface area (Å²) in [6.45, 7) is 0. The quantitative estimate of drug-likeness (QED) is 0.545. The normalized spacial score (nSPS) is 43.7. The van der Waals surface area contributed by atoms with Crippen LogP contribution in [0.5, 0.6) is 0 Å². The van der Waals surface area contributed by atoms with Gasteiger partial charge in [-0.05, 0) is 25.2 Å². The van der Waals surface area contributed by atoms with E-state index >= 15 is 0 Å². The number of fused-ring (bicyclic) bond motifs is 2. The van der Waals surface area contributed by atoms with Crippen molar-refractivity contribution in [3.8, 4) is 12.1 Å². The molecule has 0 N–H and O–H groups in total. The van der Waals surface area contributed by atoms with Crippen molar-refractivity contribution in [3.05, 3.63) is 0 Å². The molecule has 2 fully saturated rings. The maximum absolute atomic E-state index is 9.16. The van der Waals surface area contributed by atoms with Gasteiger partial charge in [0.25, 0.3) is 0 Å². The molecule has 0 aromatic heterocycles. The van der Waals surface area contributed by atoms with Crippen LogP contribution in [0.15, 0.2) is 0 Å². The highest BCUT2D eigenvalue weighted by molar-refractivity contribution is 7.65. The Bertz CT molecular complexity index is 367. The van der Waals surface area contributed by atoms with Gasteiger partial charge in [0.05, 0.1) is 24.0 Å². The van der Waals surface area contributed by atoms with E-state index in [0.717, 1.165) is 19.3 Å². The zero-order valence-electron chi connectivity index (χ0n) is 7.88. The molecule has 0 amide bonds. The first-order valence-corrected chi connectivity index (χ1v) is 9.86. The molecule has 0 saturated heterocycles. The van der Waals surface area contributed by atoms with Gasteiger partial charge in [0.15, 0.2) is 0 Å². The van der Waals surface area contributed by atoms with Crippen molar-refractivity contribution < 1.29 is 0 Å². The number of hydrogen-bond donors (Lipinski definition) is 0. The van der Waals surface area contributed by atoms with E-state index in [1.54, 1.807) is 0 Å². The lowest BCUT2D eigenvalue weighted by Crippen LogP contribution is -2.37. The van der Waals surface area contributed by atoms with Crippen molar-refractivity contribution in [2.24, 2.45) is 17.8 Å². The minimum atomic E-state index is -2.93. The van der Waals surface area contributed by atoms with Gasteiger partial charge in [-0.15, -0.1) is 33.2 Å². The minimum absolute atomic E-state index is 0.230. The van der Waals surface area contributed by atoms with E-state index in [9.17, 15) is 0 Å². The highest BCUT2D eigenvalue weighted by Crippen LogP contribution is 2.71. The lowest BCUT2D eigenvalue weighted by Gasteiger charge is -2.36. The number of rotatable bonds is 1. The van der Waals surface area contributed by atoms with Crippen LogP contribution in [0.25, 0.3) is 0 Å². The number of nitrogens with zero attached hydrogens (tertiary/aromatic N) is 2. The summed E-state index contributed by atoms with van der Waals surface area (Å²) in [6, 6.07) is 1.49. The zero-order chi connectivity index (χ0) is 11.3.